The molecule has 0 spiro atoms. The van der Waals surface area contributed by atoms with Gasteiger partial charge in [-0.25, -0.2) is 4.39 Å². The molecule has 2 N–H and O–H groups in total. The van der Waals surface area contributed by atoms with Crippen LogP contribution in [0.2, 0.25) is 0 Å². The van der Waals surface area contributed by atoms with Crippen LogP contribution in [0.1, 0.15) is 32.8 Å². The van der Waals surface area contributed by atoms with Gasteiger partial charge in [0.1, 0.15) is 5.82 Å². The van der Waals surface area contributed by atoms with Crippen LogP contribution in [0.15, 0.2) is 18.2 Å². The molecule has 1 aliphatic heterocycles. The van der Waals surface area contributed by atoms with Gasteiger partial charge in [0.25, 0.3) is 0 Å². The minimum Gasteiger partial charge on any atom is -0.394 e. The van der Waals surface area contributed by atoms with Crippen LogP contribution in [0.4, 0.5) is 10.1 Å². The first-order valence-corrected chi connectivity index (χ1v) is 7.89. The number of anilines is 1. The molecule has 0 amide bonds. The predicted molar refractivity (Wildman–Crippen MR) is 84.9 cm³/mol. The fraction of sp³-hybridized carbons (Fsp3) is 0.647. The minimum atomic E-state index is -0.189. The van der Waals surface area contributed by atoms with Crippen molar-refractivity contribution in [1.29, 1.82) is 0 Å². The van der Waals surface area contributed by atoms with E-state index in [1.807, 2.05) is 17.0 Å². The molecule has 1 saturated heterocycles. The van der Waals surface area contributed by atoms with Crippen LogP contribution < -0.4 is 10.2 Å². The van der Waals surface area contributed by atoms with Crippen molar-refractivity contribution in [2.75, 3.05) is 24.6 Å². The van der Waals surface area contributed by atoms with Crippen LogP contribution in [-0.2, 0) is 6.54 Å². The van der Waals surface area contributed by atoms with Crippen molar-refractivity contribution in [2.24, 2.45) is 11.8 Å². The molecule has 1 aromatic carbocycles. The summed E-state index contributed by atoms with van der Waals surface area (Å²) in [4.78, 5) is 2.01. The number of nitrogens with zero attached hydrogens (tertiary/aromatic N) is 1. The van der Waals surface area contributed by atoms with E-state index >= 15 is 0 Å². The third-order valence-corrected chi connectivity index (χ3v) is 4.27. The van der Waals surface area contributed by atoms with Gasteiger partial charge in [0.15, 0.2) is 0 Å². The van der Waals surface area contributed by atoms with E-state index < -0.39 is 0 Å². The Morgan fingerprint density at radius 2 is 2.19 bits per heavy atom. The standard InChI is InChI=1S/C17H27FN2O/c1-12(2)9-19-10-14-4-5-16(15(18)8-14)20-7-6-13(3)17(20)11-21/h4-5,8,12-13,17,19,21H,6-7,9-11H2,1-3H3. The Labute approximate surface area is 127 Å². The first-order valence-electron chi connectivity index (χ1n) is 7.89. The molecule has 1 aliphatic rings. The zero-order valence-electron chi connectivity index (χ0n) is 13.3. The smallest absolute Gasteiger partial charge is 0.146 e. The molecule has 0 aromatic heterocycles. The van der Waals surface area contributed by atoms with Gasteiger partial charge in [-0.2, -0.15) is 0 Å². The van der Waals surface area contributed by atoms with Gasteiger partial charge in [0, 0.05) is 13.1 Å². The Morgan fingerprint density at radius 3 is 2.81 bits per heavy atom. The van der Waals surface area contributed by atoms with Gasteiger partial charge in [-0.05, 0) is 42.5 Å². The Balaban J connectivity index is 2.05. The molecule has 1 heterocycles. The van der Waals surface area contributed by atoms with Crippen LogP contribution >= 0.6 is 0 Å². The normalized spacial score (nSPS) is 22.3. The van der Waals surface area contributed by atoms with Gasteiger partial charge in [-0.1, -0.05) is 26.8 Å². The summed E-state index contributed by atoms with van der Waals surface area (Å²) in [6, 6.07) is 5.47. The topological polar surface area (TPSA) is 35.5 Å². The van der Waals surface area contributed by atoms with Crippen LogP contribution in [-0.4, -0.2) is 30.8 Å². The second kappa shape index (κ2) is 7.23. The third kappa shape index (κ3) is 3.95. The SMILES string of the molecule is CC(C)CNCc1ccc(N2CCC(C)C2CO)c(F)c1. The highest BCUT2D eigenvalue weighted by molar-refractivity contribution is 5.51. The largest absolute Gasteiger partial charge is 0.394 e. The second-order valence-corrected chi connectivity index (χ2v) is 6.52. The molecule has 118 valence electrons. The summed E-state index contributed by atoms with van der Waals surface area (Å²) in [6.45, 7) is 8.94. The van der Waals surface area contributed by atoms with Crippen LogP contribution in [0.25, 0.3) is 0 Å². The molecule has 2 rings (SSSR count). The molecule has 4 heteroatoms. The van der Waals surface area contributed by atoms with Crippen molar-refractivity contribution in [3.8, 4) is 0 Å². The van der Waals surface area contributed by atoms with E-state index in [0.29, 0.717) is 24.1 Å². The zero-order valence-corrected chi connectivity index (χ0v) is 13.3. The van der Waals surface area contributed by atoms with Crippen molar-refractivity contribution in [2.45, 2.75) is 39.8 Å². The monoisotopic (exact) mass is 294 g/mol. The average Bonchev–Trinajstić information content (AvgIpc) is 2.79. The minimum absolute atomic E-state index is 0.0319. The van der Waals surface area contributed by atoms with E-state index in [0.717, 1.165) is 25.1 Å². The van der Waals surface area contributed by atoms with E-state index in [-0.39, 0.29) is 18.5 Å². The molecule has 0 saturated carbocycles. The molecule has 1 fully saturated rings. The van der Waals surface area contributed by atoms with E-state index in [9.17, 15) is 9.50 Å². The van der Waals surface area contributed by atoms with Gasteiger partial charge in [0.2, 0.25) is 0 Å². The molecule has 0 aliphatic carbocycles. The number of hydrogen-bond acceptors (Lipinski definition) is 3. The molecule has 2 unspecified atom stereocenters. The summed E-state index contributed by atoms with van der Waals surface area (Å²) >= 11 is 0. The Kier molecular flexibility index (Phi) is 5.59. The third-order valence-electron chi connectivity index (χ3n) is 4.27. The maximum atomic E-state index is 14.4. The summed E-state index contributed by atoms with van der Waals surface area (Å²) in [5.41, 5.74) is 1.58. The summed E-state index contributed by atoms with van der Waals surface area (Å²) in [7, 11) is 0. The number of aliphatic hydroxyl groups is 1. The van der Waals surface area contributed by atoms with Crippen LogP contribution in [0, 0.1) is 17.7 Å². The quantitative estimate of drug-likeness (QED) is 0.847. The highest BCUT2D eigenvalue weighted by atomic mass is 19.1. The van der Waals surface area contributed by atoms with Crippen molar-refractivity contribution >= 4 is 5.69 Å². The lowest BCUT2D eigenvalue weighted by Gasteiger charge is -2.27. The number of nitrogens with one attached hydrogen (secondary N) is 1. The molecular formula is C17H27FN2O. The average molecular weight is 294 g/mol. The number of hydrogen-bond donors (Lipinski definition) is 2. The lowest BCUT2D eigenvalue weighted by Crippen LogP contribution is -2.35. The lowest BCUT2D eigenvalue weighted by atomic mass is 10.0. The van der Waals surface area contributed by atoms with E-state index in [4.69, 9.17) is 0 Å². The molecule has 0 bridgehead atoms. The van der Waals surface area contributed by atoms with Gasteiger partial charge in [-0.15, -0.1) is 0 Å². The predicted octanol–water partition coefficient (Wildman–Crippen LogP) is 2.78. The number of aliphatic hydroxyl groups excluding tert-OH is 1. The van der Waals surface area contributed by atoms with Crippen molar-refractivity contribution in [3.05, 3.63) is 29.6 Å². The highest BCUT2D eigenvalue weighted by Crippen LogP contribution is 2.31. The Hall–Kier alpha value is -1.13. The van der Waals surface area contributed by atoms with E-state index in [1.54, 1.807) is 6.07 Å². The summed E-state index contributed by atoms with van der Waals surface area (Å²) in [5.74, 6) is 0.804. The second-order valence-electron chi connectivity index (χ2n) is 6.52. The van der Waals surface area contributed by atoms with Crippen molar-refractivity contribution in [1.82, 2.24) is 5.32 Å². The fourth-order valence-electron chi connectivity index (χ4n) is 2.98. The first kappa shape index (κ1) is 16.2. The fourth-order valence-corrected chi connectivity index (χ4v) is 2.98. The maximum Gasteiger partial charge on any atom is 0.146 e. The zero-order chi connectivity index (χ0) is 15.4. The maximum absolute atomic E-state index is 14.4. The van der Waals surface area contributed by atoms with Gasteiger partial charge in [-0.3, -0.25) is 0 Å². The molecular weight excluding hydrogens is 267 g/mol. The molecule has 3 nitrogen and oxygen atoms in total. The summed E-state index contributed by atoms with van der Waals surface area (Å²) in [6.07, 6.45) is 1.00. The number of rotatable bonds is 6. The van der Waals surface area contributed by atoms with E-state index in [2.05, 4.69) is 26.1 Å². The van der Waals surface area contributed by atoms with Crippen molar-refractivity contribution in [3.63, 3.8) is 0 Å². The van der Waals surface area contributed by atoms with Gasteiger partial charge >= 0.3 is 0 Å². The van der Waals surface area contributed by atoms with Crippen LogP contribution in [0.5, 0.6) is 0 Å². The summed E-state index contributed by atoms with van der Waals surface area (Å²) < 4.78 is 14.4. The first-order chi connectivity index (χ1) is 10.0. The molecule has 2 atom stereocenters. The number of halogens is 1. The highest BCUT2D eigenvalue weighted by Gasteiger charge is 2.31. The lowest BCUT2D eigenvalue weighted by molar-refractivity contribution is 0.244. The molecule has 21 heavy (non-hydrogen) atoms. The molecule has 0 radical (unpaired) electrons. The van der Waals surface area contributed by atoms with Crippen molar-refractivity contribution < 1.29 is 9.50 Å². The van der Waals surface area contributed by atoms with Gasteiger partial charge in [0.05, 0.1) is 18.3 Å². The Bertz CT molecular complexity index is 464. The molecule has 1 aromatic rings. The summed E-state index contributed by atoms with van der Waals surface area (Å²) in [5, 5.41) is 12.8. The van der Waals surface area contributed by atoms with Crippen LogP contribution in [0.3, 0.4) is 0 Å². The van der Waals surface area contributed by atoms with Gasteiger partial charge < -0.3 is 15.3 Å². The van der Waals surface area contributed by atoms with E-state index in [1.165, 1.54) is 0 Å². The Morgan fingerprint density at radius 1 is 1.43 bits per heavy atom. The number of benzene rings is 1.